The van der Waals surface area contributed by atoms with Crippen molar-refractivity contribution in [2.75, 3.05) is 38.1 Å². The Hall–Kier alpha value is -1.90. The Balaban J connectivity index is 0.00000243. The van der Waals surface area contributed by atoms with E-state index in [0.717, 1.165) is 44.6 Å². The van der Waals surface area contributed by atoms with E-state index in [-0.39, 0.29) is 24.0 Å². The molecule has 1 aromatic carbocycles. The first-order chi connectivity index (χ1) is 12.2. The van der Waals surface area contributed by atoms with E-state index < -0.39 is 0 Å². The fourth-order valence-electron chi connectivity index (χ4n) is 3.12. The van der Waals surface area contributed by atoms with E-state index >= 15 is 0 Å². The summed E-state index contributed by atoms with van der Waals surface area (Å²) in [5.41, 5.74) is 3.92. The molecule has 1 aliphatic heterocycles. The first kappa shape index (κ1) is 20.4. The second-order valence-corrected chi connectivity index (χ2v) is 6.35. The van der Waals surface area contributed by atoms with E-state index in [9.17, 15) is 0 Å². The van der Waals surface area contributed by atoms with Gasteiger partial charge in [0.15, 0.2) is 5.96 Å². The van der Waals surface area contributed by atoms with Crippen LogP contribution in [-0.2, 0) is 6.54 Å². The van der Waals surface area contributed by atoms with Gasteiger partial charge in [0.25, 0.3) is 0 Å². The van der Waals surface area contributed by atoms with Crippen molar-refractivity contribution in [3.8, 4) is 0 Å². The Bertz CT molecular complexity index is 726. The van der Waals surface area contributed by atoms with E-state index in [0.29, 0.717) is 0 Å². The third-order valence-electron chi connectivity index (χ3n) is 4.56. The summed E-state index contributed by atoms with van der Waals surface area (Å²) in [4.78, 5) is 17.6. The maximum Gasteiger partial charge on any atom is 0.225 e. The number of aliphatic imine (C=N–C) groups is 1. The summed E-state index contributed by atoms with van der Waals surface area (Å²) in [6.45, 7) is 8.68. The van der Waals surface area contributed by atoms with Crippen LogP contribution in [0, 0.1) is 13.8 Å². The van der Waals surface area contributed by atoms with Crippen LogP contribution in [0.1, 0.15) is 16.7 Å². The molecule has 0 aliphatic carbocycles. The molecule has 0 spiro atoms. The summed E-state index contributed by atoms with van der Waals surface area (Å²) >= 11 is 0. The van der Waals surface area contributed by atoms with Gasteiger partial charge in [-0.2, -0.15) is 0 Å². The minimum atomic E-state index is 0. The van der Waals surface area contributed by atoms with Crippen LogP contribution in [0.3, 0.4) is 0 Å². The minimum absolute atomic E-state index is 0. The van der Waals surface area contributed by atoms with Crippen molar-refractivity contribution in [1.82, 2.24) is 20.2 Å². The molecule has 6 nitrogen and oxygen atoms in total. The molecule has 1 aliphatic rings. The highest BCUT2D eigenvalue weighted by molar-refractivity contribution is 14.0. The molecule has 26 heavy (non-hydrogen) atoms. The van der Waals surface area contributed by atoms with E-state index in [1.54, 1.807) is 12.4 Å². The van der Waals surface area contributed by atoms with Crippen molar-refractivity contribution in [3.63, 3.8) is 0 Å². The zero-order valence-electron chi connectivity index (χ0n) is 15.6. The number of rotatable bonds is 3. The fourth-order valence-corrected chi connectivity index (χ4v) is 3.12. The summed E-state index contributed by atoms with van der Waals surface area (Å²) in [7, 11) is 1.84. The average molecular weight is 466 g/mol. The van der Waals surface area contributed by atoms with Crippen molar-refractivity contribution in [2.45, 2.75) is 20.4 Å². The van der Waals surface area contributed by atoms with Crippen LogP contribution in [0.25, 0.3) is 0 Å². The van der Waals surface area contributed by atoms with Crippen LogP contribution in [0.2, 0.25) is 0 Å². The zero-order chi connectivity index (χ0) is 17.6. The van der Waals surface area contributed by atoms with Crippen molar-refractivity contribution in [2.24, 2.45) is 4.99 Å². The van der Waals surface area contributed by atoms with Gasteiger partial charge >= 0.3 is 0 Å². The number of aryl methyl sites for hydroxylation is 2. The molecule has 1 saturated heterocycles. The van der Waals surface area contributed by atoms with Gasteiger partial charge in [0.1, 0.15) is 0 Å². The normalized spacial score (nSPS) is 14.8. The van der Waals surface area contributed by atoms with Crippen LogP contribution < -0.4 is 10.2 Å². The third-order valence-corrected chi connectivity index (χ3v) is 4.56. The first-order valence-corrected chi connectivity index (χ1v) is 8.71. The predicted molar refractivity (Wildman–Crippen MR) is 117 cm³/mol. The minimum Gasteiger partial charge on any atom is -0.352 e. The Kier molecular flexibility index (Phi) is 7.62. The van der Waals surface area contributed by atoms with E-state index in [4.69, 9.17) is 0 Å². The molecule has 0 bridgehead atoms. The number of hydrogen-bond acceptors (Lipinski definition) is 4. The lowest BCUT2D eigenvalue weighted by molar-refractivity contribution is 0.370. The molecule has 0 unspecified atom stereocenters. The lowest BCUT2D eigenvalue weighted by atomic mass is 10.1. The van der Waals surface area contributed by atoms with Crippen LogP contribution in [0.15, 0.2) is 41.7 Å². The number of hydrogen-bond donors (Lipinski definition) is 1. The van der Waals surface area contributed by atoms with Crippen LogP contribution >= 0.6 is 24.0 Å². The maximum atomic E-state index is 4.45. The van der Waals surface area contributed by atoms with Gasteiger partial charge in [0.05, 0.1) is 0 Å². The van der Waals surface area contributed by atoms with E-state index in [1.807, 2.05) is 13.1 Å². The summed E-state index contributed by atoms with van der Waals surface area (Å²) in [6.07, 6.45) is 3.58. The van der Waals surface area contributed by atoms with Crippen molar-refractivity contribution >= 4 is 35.9 Å². The van der Waals surface area contributed by atoms with Gasteiger partial charge in [-0.25, -0.2) is 9.97 Å². The maximum absolute atomic E-state index is 4.45. The highest BCUT2D eigenvalue weighted by Gasteiger charge is 2.21. The number of piperazine rings is 1. The smallest absolute Gasteiger partial charge is 0.225 e. The summed E-state index contributed by atoms with van der Waals surface area (Å²) in [6, 6.07) is 8.41. The van der Waals surface area contributed by atoms with Gasteiger partial charge in [-0.05, 0) is 31.0 Å². The number of benzene rings is 1. The Morgan fingerprint density at radius 3 is 2.42 bits per heavy atom. The highest BCUT2D eigenvalue weighted by Crippen LogP contribution is 2.12. The molecular formula is C19H27IN6. The monoisotopic (exact) mass is 466 g/mol. The van der Waals surface area contributed by atoms with E-state index in [2.05, 4.69) is 62.1 Å². The summed E-state index contributed by atoms with van der Waals surface area (Å²) < 4.78 is 0. The number of aromatic nitrogens is 2. The standard InChI is InChI=1S/C19H26N6.HI/c1-15-5-6-17(16(2)13-15)14-23-18(20-3)24-9-11-25(12-10-24)19-21-7-4-8-22-19;/h4-8,13H,9-12,14H2,1-3H3,(H,20,23);1H. The topological polar surface area (TPSA) is 56.7 Å². The summed E-state index contributed by atoms with van der Waals surface area (Å²) in [5.74, 6) is 1.76. The Morgan fingerprint density at radius 2 is 1.81 bits per heavy atom. The van der Waals surface area contributed by atoms with Crippen molar-refractivity contribution < 1.29 is 0 Å². The van der Waals surface area contributed by atoms with Gasteiger partial charge in [-0.15, -0.1) is 24.0 Å². The third kappa shape index (κ3) is 5.06. The predicted octanol–water partition coefficient (Wildman–Crippen LogP) is 2.61. The van der Waals surface area contributed by atoms with Crippen LogP contribution in [-0.4, -0.2) is 54.1 Å². The second kappa shape index (κ2) is 9.70. The molecule has 1 fully saturated rings. The van der Waals surface area contributed by atoms with Gasteiger partial charge in [-0.1, -0.05) is 23.8 Å². The van der Waals surface area contributed by atoms with Gasteiger partial charge in [0.2, 0.25) is 5.95 Å². The number of anilines is 1. The van der Waals surface area contributed by atoms with Gasteiger partial charge in [0, 0.05) is 52.2 Å². The molecule has 0 saturated carbocycles. The molecule has 3 rings (SSSR count). The largest absolute Gasteiger partial charge is 0.352 e. The Labute approximate surface area is 172 Å². The average Bonchev–Trinajstić information content (AvgIpc) is 2.65. The second-order valence-electron chi connectivity index (χ2n) is 6.35. The molecule has 2 heterocycles. The molecule has 0 amide bonds. The Morgan fingerprint density at radius 1 is 1.12 bits per heavy atom. The molecule has 0 atom stereocenters. The fraction of sp³-hybridized carbons (Fsp3) is 0.421. The molecular weight excluding hydrogens is 439 g/mol. The first-order valence-electron chi connectivity index (χ1n) is 8.71. The van der Waals surface area contributed by atoms with E-state index in [1.165, 1.54) is 16.7 Å². The van der Waals surface area contributed by atoms with Crippen LogP contribution in [0.4, 0.5) is 5.95 Å². The SMILES string of the molecule is CN=C(NCc1ccc(C)cc1C)N1CCN(c2ncccn2)CC1.I. The highest BCUT2D eigenvalue weighted by atomic mass is 127. The lowest BCUT2D eigenvalue weighted by Gasteiger charge is -2.36. The number of halogens is 1. The molecule has 7 heteroatoms. The summed E-state index contributed by atoms with van der Waals surface area (Å²) in [5, 5.41) is 3.50. The lowest BCUT2D eigenvalue weighted by Crippen LogP contribution is -2.52. The quantitative estimate of drug-likeness (QED) is 0.428. The van der Waals surface area contributed by atoms with Crippen LogP contribution in [0.5, 0.6) is 0 Å². The van der Waals surface area contributed by atoms with Gasteiger partial charge in [-0.3, -0.25) is 4.99 Å². The van der Waals surface area contributed by atoms with Gasteiger partial charge < -0.3 is 15.1 Å². The molecule has 1 aromatic heterocycles. The van der Waals surface area contributed by atoms with Crippen molar-refractivity contribution in [3.05, 3.63) is 53.3 Å². The molecule has 2 aromatic rings. The number of nitrogens with one attached hydrogen (secondary N) is 1. The number of nitrogens with zero attached hydrogens (tertiary/aromatic N) is 5. The van der Waals surface area contributed by atoms with Crippen molar-refractivity contribution in [1.29, 1.82) is 0 Å². The molecule has 140 valence electrons. The number of guanidine groups is 1. The molecule has 0 radical (unpaired) electrons. The zero-order valence-corrected chi connectivity index (χ0v) is 18.0. The molecule has 1 N–H and O–H groups in total.